The van der Waals surface area contributed by atoms with Crippen LogP contribution < -0.4 is 5.32 Å². The van der Waals surface area contributed by atoms with Crippen LogP contribution in [-0.4, -0.2) is 30.0 Å². The summed E-state index contributed by atoms with van der Waals surface area (Å²) in [6, 6.07) is 0.527. The Bertz CT molecular complexity index is 392. The molecule has 0 fully saturated rings. The van der Waals surface area contributed by atoms with Crippen molar-refractivity contribution in [2.45, 2.75) is 52.6 Å². The Morgan fingerprint density at radius 2 is 2.10 bits per heavy atom. The van der Waals surface area contributed by atoms with Crippen molar-refractivity contribution in [3.05, 3.63) is 16.9 Å². The molecule has 0 aliphatic carbocycles. The van der Waals surface area contributed by atoms with Gasteiger partial charge < -0.3 is 10.1 Å². The van der Waals surface area contributed by atoms with Gasteiger partial charge in [-0.2, -0.15) is 5.10 Å². The first-order chi connectivity index (χ1) is 9.51. The van der Waals surface area contributed by atoms with Crippen LogP contribution in [0.4, 0.5) is 0 Å². The summed E-state index contributed by atoms with van der Waals surface area (Å²) in [5.74, 6) is 0.473. The highest BCUT2D eigenvalue weighted by molar-refractivity contribution is 6.31. The maximum atomic E-state index is 6.37. The molecule has 1 heterocycles. The molecule has 2 unspecified atom stereocenters. The molecule has 1 aromatic rings. The molecule has 1 rings (SSSR count). The first-order valence-corrected chi connectivity index (χ1v) is 7.84. The fraction of sp³-hybridized carbons (Fsp3) is 0.800. The highest BCUT2D eigenvalue weighted by Gasteiger charge is 2.23. The van der Waals surface area contributed by atoms with Gasteiger partial charge in [0.2, 0.25) is 0 Å². The number of nitrogens with zero attached hydrogens (tertiary/aromatic N) is 2. The summed E-state index contributed by atoms with van der Waals surface area (Å²) in [6.07, 6.45) is 3.84. The maximum absolute atomic E-state index is 6.37. The summed E-state index contributed by atoms with van der Waals surface area (Å²) < 4.78 is 7.27. The molecule has 0 aromatic carbocycles. The van der Waals surface area contributed by atoms with Gasteiger partial charge in [0.1, 0.15) is 0 Å². The molecule has 5 heteroatoms. The van der Waals surface area contributed by atoms with Gasteiger partial charge in [0.15, 0.2) is 0 Å². The summed E-state index contributed by atoms with van der Waals surface area (Å²) >= 11 is 6.37. The second kappa shape index (κ2) is 8.65. The standard InChI is InChI=1S/C15H28ClN3O/c1-6-7-17-14(8-12(4)10-20-5)15-13(16)9-18-19(15)11(2)3/h9,11-12,14,17H,6-8,10H2,1-5H3. The van der Waals surface area contributed by atoms with Gasteiger partial charge in [-0.15, -0.1) is 0 Å². The molecule has 116 valence electrons. The molecule has 1 N–H and O–H groups in total. The molecule has 1 aromatic heterocycles. The Hall–Kier alpha value is -0.580. The van der Waals surface area contributed by atoms with Crippen LogP contribution in [0.5, 0.6) is 0 Å². The second-order valence-corrected chi connectivity index (χ2v) is 6.13. The minimum Gasteiger partial charge on any atom is -0.384 e. The maximum Gasteiger partial charge on any atom is 0.0834 e. The van der Waals surface area contributed by atoms with Crippen LogP contribution in [0.25, 0.3) is 0 Å². The summed E-state index contributed by atoms with van der Waals surface area (Å²) in [5.41, 5.74) is 1.10. The van der Waals surface area contributed by atoms with Crippen molar-refractivity contribution in [3.8, 4) is 0 Å². The quantitative estimate of drug-likeness (QED) is 0.753. The van der Waals surface area contributed by atoms with E-state index < -0.39 is 0 Å². The third-order valence-corrected chi connectivity index (χ3v) is 3.63. The zero-order valence-electron chi connectivity index (χ0n) is 13.3. The number of methoxy groups -OCH3 is 1. The summed E-state index contributed by atoms with van der Waals surface area (Å²) in [5, 5.41) is 8.75. The van der Waals surface area contributed by atoms with Gasteiger partial charge in [-0.1, -0.05) is 25.4 Å². The summed E-state index contributed by atoms with van der Waals surface area (Å²) in [6.45, 7) is 10.4. The van der Waals surface area contributed by atoms with Crippen molar-refractivity contribution in [2.24, 2.45) is 5.92 Å². The Labute approximate surface area is 127 Å². The third kappa shape index (κ3) is 4.76. The number of hydrogen-bond donors (Lipinski definition) is 1. The van der Waals surface area contributed by atoms with Gasteiger partial charge in [-0.05, 0) is 39.2 Å². The molecule has 0 aliphatic rings. The molecule has 20 heavy (non-hydrogen) atoms. The number of ether oxygens (including phenoxy) is 1. The molecule has 0 radical (unpaired) electrons. The zero-order chi connectivity index (χ0) is 15.1. The summed E-state index contributed by atoms with van der Waals surface area (Å²) in [4.78, 5) is 0. The average molecular weight is 302 g/mol. The van der Waals surface area contributed by atoms with E-state index in [9.17, 15) is 0 Å². The predicted octanol–water partition coefficient (Wildman–Crippen LogP) is 3.83. The van der Waals surface area contributed by atoms with Crippen LogP contribution in [0.3, 0.4) is 0 Å². The van der Waals surface area contributed by atoms with Gasteiger partial charge >= 0.3 is 0 Å². The van der Waals surface area contributed by atoms with E-state index in [1.807, 2.05) is 4.68 Å². The van der Waals surface area contributed by atoms with Crippen LogP contribution in [0.1, 0.15) is 58.3 Å². The first-order valence-electron chi connectivity index (χ1n) is 7.46. The first kappa shape index (κ1) is 17.5. The molecule has 2 atom stereocenters. The van der Waals surface area contributed by atoms with Crippen LogP contribution in [-0.2, 0) is 4.74 Å². The smallest absolute Gasteiger partial charge is 0.0834 e. The van der Waals surface area contributed by atoms with Gasteiger partial charge in [0.05, 0.1) is 23.0 Å². The lowest BCUT2D eigenvalue weighted by Crippen LogP contribution is -2.28. The fourth-order valence-electron chi connectivity index (χ4n) is 2.45. The Morgan fingerprint density at radius 3 is 2.65 bits per heavy atom. The van der Waals surface area contributed by atoms with E-state index in [2.05, 4.69) is 38.1 Å². The van der Waals surface area contributed by atoms with E-state index >= 15 is 0 Å². The Kier molecular flexibility index (Phi) is 7.56. The van der Waals surface area contributed by atoms with Crippen LogP contribution in [0, 0.1) is 5.92 Å². The number of halogens is 1. The largest absolute Gasteiger partial charge is 0.384 e. The van der Waals surface area contributed by atoms with Crippen molar-refractivity contribution in [1.82, 2.24) is 15.1 Å². The molecular formula is C15H28ClN3O. The Balaban J connectivity index is 2.94. The minimum atomic E-state index is 0.220. The lowest BCUT2D eigenvalue weighted by Gasteiger charge is -2.24. The number of aromatic nitrogens is 2. The third-order valence-electron chi connectivity index (χ3n) is 3.34. The molecule has 0 aliphatic heterocycles. The van der Waals surface area contributed by atoms with Crippen LogP contribution >= 0.6 is 11.6 Å². The fourth-order valence-corrected chi connectivity index (χ4v) is 2.72. The molecule has 4 nitrogen and oxygen atoms in total. The second-order valence-electron chi connectivity index (χ2n) is 5.72. The lowest BCUT2D eigenvalue weighted by molar-refractivity contribution is 0.148. The highest BCUT2D eigenvalue weighted by Crippen LogP contribution is 2.29. The van der Waals surface area contributed by atoms with Crippen molar-refractivity contribution in [1.29, 1.82) is 0 Å². The van der Waals surface area contributed by atoms with Crippen molar-refractivity contribution in [2.75, 3.05) is 20.3 Å². The van der Waals surface area contributed by atoms with Crippen LogP contribution in [0.15, 0.2) is 6.20 Å². The topological polar surface area (TPSA) is 39.1 Å². The molecule has 0 spiro atoms. The molecule has 0 amide bonds. The minimum absolute atomic E-state index is 0.220. The highest BCUT2D eigenvalue weighted by atomic mass is 35.5. The monoisotopic (exact) mass is 301 g/mol. The predicted molar refractivity (Wildman–Crippen MR) is 84.3 cm³/mol. The lowest BCUT2D eigenvalue weighted by atomic mass is 9.99. The van der Waals surface area contributed by atoms with Crippen molar-refractivity contribution < 1.29 is 4.74 Å². The van der Waals surface area contributed by atoms with Gasteiger partial charge in [0, 0.05) is 19.8 Å². The van der Waals surface area contributed by atoms with E-state index in [-0.39, 0.29) is 6.04 Å². The van der Waals surface area contributed by atoms with E-state index in [0.717, 1.165) is 36.7 Å². The van der Waals surface area contributed by atoms with E-state index in [1.165, 1.54) is 0 Å². The molecule has 0 bridgehead atoms. The zero-order valence-corrected chi connectivity index (χ0v) is 14.1. The van der Waals surface area contributed by atoms with Crippen molar-refractivity contribution >= 4 is 11.6 Å². The number of hydrogen-bond acceptors (Lipinski definition) is 3. The molecule has 0 saturated heterocycles. The SMILES string of the molecule is CCCNC(CC(C)COC)c1c(Cl)cnn1C(C)C. The van der Waals surface area contributed by atoms with Gasteiger partial charge in [0.25, 0.3) is 0 Å². The van der Waals surface area contributed by atoms with Gasteiger partial charge in [-0.25, -0.2) is 0 Å². The van der Waals surface area contributed by atoms with Crippen molar-refractivity contribution in [3.63, 3.8) is 0 Å². The normalized spacial score (nSPS) is 14.8. The van der Waals surface area contributed by atoms with Crippen LogP contribution in [0.2, 0.25) is 5.02 Å². The number of rotatable bonds is 9. The van der Waals surface area contributed by atoms with E-state index in [1.54, 1.807) is 13.3 Å². The number of nitrogens with one attached hydrogen (secondary N) is 1. The average Bonchev–Trinajstić information content (AvgIpc) is 2.77. The molecule has 0 saturated carbocycles. The Morgan fingerprint density at radius 1 is 1.40 bits per heavy atom. The van der Waals surface area contributed by atoms with E-state index in [4.69, 9.17) is 16.3 Å². The van der Waals surface area contributed by atoms with Gasteiger partial charge in [-0.3, -0.25) is 4.68 Å². The molecular weight excluding hydrogens is 274 g/mol. The van der Waals surface area contributed by atoms with E-state index in [0.29, 0.717) is 12.0 Å². The summed E-state index contributed by atoms with van der Waals surface area (Å²) in [7, 11) is 1.75.